The second kappa shape index (κ2) is 9.94. The monoisotopic (exact) mass is 530 g/mol. The third-order valence-electron chi connectivity index (χ3n) is 8.34. The number of carbonyl (C=O) groups excluding carboxylic acids is 1. The van der Waals surface area contributed by atoms with Crippen molar-refractivity contribution in [3.05, 3.63) is 41.6 Å². The van der Waals surface area contributed by atoms with Gasteiger partial charge in [-0.25, -0.2) is 9.97 Å². The van der Waals surface area contributed by atoms with E-state index in [-0.39, 0.29) is 36.9 Å². The van der Waals surface area contributed by atoms with Crippen molar-refractivity contribution in [1.29, 1.82) is 5.26 Å². The molecule has 3 fully saturated rings. The highest BCUT2D eigenvalue weighted by Crippen LogP contribution is 2.49. The Hall–Kier alpha value is -4.01. The molecule has 1 aliphatic carbocycles. The molecular weight excluding hydrogens is 500 g/mol. The molecule has 3 aliphatic heterocycles. The number of aryl methyl sites for hydroxylation is 1. The van der Waals surface area contributed by atoms with Gasteiger partial charge in [0.05, 0.1) is 41.0 Å². The van der Waals surface area contributed by atoms with E-state index < -0.39 is 0 Å². The number of hydrogen-bond donors (Lipinski definition) is 2. The van der Waals surface area contributed by atoms with E-state index in [2.05, 4.69) is 31.2 Å². The average molecular weight is 531 g/mol. The van der Waals surface area contributed by atoms with Gasteiger partial charge in [-0.05, 0) is 62.3 Å². The van der Waals surface area contributed by atoms with Gasteiger partial charge in [0.15, 0.2) is 18.2 Å². The molecular formula is C28H30N6O5. The summed E-state index contributed by atoms with van der Waals surface area (Å²) >= 11 is 0. The molecule has 0 atom stereocenters. The van der Waals surface area contributed by atoms with Crippen molar-refractivity contribution < 1.29 is 24.1 Å². The van der Waals surface area contributed by atoms with Crippen molar-refractivity contribution in [1.82, 2.24) is 15.0 Å². The number of ether oxygens (including phenoxy) is 3. The minimum Gasteiger partial charge on any atom is -0.480 e. The molecule has 4 aliphatic rings. The second-order valence-corrected chi connectivity index (χ2v) is 10.5. The molecule has 0 radical (unpaired) electrons. The third kappa shape index (κ3) is 4.60. The molecule has 11 nitrogen and oxygen atoms in total. The minimum absolute atomic E-state index is 0.00356. The molecule has 202 valence electrons. The molecule has 1 amide bonds. The van der Waals surface area contributed by atoms with E-state index in [9.17, 15) is 10.1 Å². The zero-order valence-electron chi connectivity index (χ0n) is 21.8. The highest BCUT2D eigenvalue weighted by atomic mass is 16.5. The predicted octanol–water partition coefficient (Wildman–Crippen LogP) is 2.75. The van der Waals surface area contributed by atoms with Crippen LogP contribution in [0.2, 0.25) is 0 Å². The van der Waals surface area contributed by atoms with Gasteiger partial charge in [-0.15, -0.1) is 0 Å². The minimum atomic E-state index is -0.263. The molecule has 2 bridgehead atoms. The molecule has 7 rings (SSSR count). The Bertz CT molecular complexity index is 1450. The molecule has 1 saturated carbocycles. The largest absolute Gasteiger partial charge is 0.480 e. The van der Waals surface area contributed by atoms with E-state index in [0.29, 0.717) is 47.1 Å². The van der Waals surface area contributed by atoms with E-state index in [4.69, 9.17) is 19.3 Å². The fourth-order valence-corrected chi connectivity index (χ4v) is 5.92. The fourth-order valence-electron chi connectivity index (χ4n) is 5.92. The van der Waals surface area contributed by atoms with Crippen LogP contribution in [-0.2, 0) is 16.0 Å². The summed E-state index contributed by atoms with van der Waals surface area (Å²) in [5.41, 5.74) is 2.26. The topological polar surface area (TPSA) is 143 Å². The van der Waals surface area contributed by atoms with E-state index in [0.717, 1.165) is 43.5 Å². The van der Waals surface area contributed by atoms with Crippen LogP contribution in [0.25, 0.3) is 11.0 Å². The maximum atomic E-state index is 11.8. The summed E-state index contributed by atoms with van der Waals surface area (Å²) in [7, 11) is 2.03. The van der Waals surface area contributed by atoms with Crippen LogP contribution in [0.3, 0.4) is 0 Å². The number of aliphatic hydroxyl groups excluding tert-OH is 1. The van der Waals surface area contributed by atoms with Crippen LogP contribution in [0.1, 0.15) is 43.2 Å². The van der Waals surface area contributed by atoms with Gasteiger partial charge >= 0.3 is 0 Å². The number of anilines is 2. The molecule has 0 spiro atoms. The smallest absolute Gasteiger partial charge is 0.263 e. The van der Waals surface area contributed by atoms with Crippen LogP contribution >= 0.6 is 0 Å². The molecule has 2 N–H and O–H groups in total. The Balaban J connectivity index is 1.18. The normalized spacial score (nSPS) is 23.5. The average Bonchev–Trinajstić information content (AvgIpc) is 2.98. The lowest BCUT2D eigenvalue weighted by molar-refractivity contribution is -0.156. The molecule has 39 heavy (non-hydrogen) atoms. The molecule has 0 unspecified atom stereocenters. The van der Waals surface area contributed by atoms with Crippen molar-refractivity contribution >= 4 is 28.6 Å². The van der Waals surface area contributed by atoms with Crippen LogP contribution in [0.5, 0.6) is 11.6 Å². The Morgan fingerprint density at radius 2 is 2.05 bits per heavy atom. The first-order valence-electron chi connectivity index (χ1n) is 13.2. The zero-order chi connectivity index (χ0) is 27.0. The molecule has 11 heteroatoms. The van der Waals surface area contributed by atoms with Crippen molar-refractivity contribution in [2.75, 3.05) is 43.7 Å². The summed E-state index contributed by atoms with van der Waals surface area (Å²) in [6, 6.07) is 9.59. The predicted molar refractivity (Wildman–Crippen MR) is 142 cm³/mol. The van der Waals surface area contributed by atoms with Gasteiger partial charge in [0.1, 0.15) is 18.5 Å². The fraction of sp³-hybridized carbons (Fsp3) is 0.464. The number of pyridine rings is 3. The second-order valence-electron chi connectivity index (χ2n) is 10.5. The number of hydrogen-bond acceptors (Lipinski definition) is 10. The first kappa shape index (κ1) is 25.3. The van der Waals surface area contributed by atoms with Gasteiger partial charge in [-0.3, -0.25) is 9.78 Å². The van der Waals surface area contributed by atoms with Crippen LogP contribution in [0.4, 0.5) is 11.6 Å². The Morgan fingerprint density at radius 3 is 2.79 bits per heavy atom. The number of nitrogens with one attached hydrogen (secondary N) is 1. The summed E-state index contributed by atoms with van der Waals surface area (Å²) in [5.74, 6) is 1.99. The van der Waals surface area contributed by atoms with Gasteiger partial charge < -0.3 is 29.5 Å². The number of likely N-dealkylation sites (N-methyl/N-ethyl adjacent to an activating group) is 1. The summed E-state index contributed by atoms with van der Waals surface area (Å²) in [5, 5.41) is 21.7. The van der Waals surface area contributed by atoms with E-state index in [1.54, 1.807) is 12.3 Å². The van der Waals surface area contributed by atoms with Crippen molar-refractivity contribution in [2.24, 2.45) is 0 Å². The quantitative estimate of drug-likeness (QED) is 0.446. The number of nitriles is 1. The maximum Gasteiger partial charge on any atom is 0.263 e. The van der Waals surface area contributed by atoms with Gasteiger partial charge in [-0.2, -0.15) is 5.26 Å². The van der Waals surface area contributed by atoms with E-state index >= 15 is 0 Å². The summed E-state index contributed by atoms with van der Waals surface area (Å²) in [4.78, 5) is 27.6. The number of fused-ring (bicyclic) bond motifs is 5. The highest BCUT2D eigenvalue weighted by Gasteiger charge is 2.52. The summed E-state index contributed by atoms with van der Waals surface area (Å²) < 4.78 is 17.6. The standard InChI is InChI=1S/C28H30N6O5/c1-34(22-4-3-21-26(31-22)32-23(36)16-38-21)27-8-10-28(11-9-27,39-17-27)7-6-19-18(14-29)15-30-20-2-5-24(33-25(19)20)37-13-12-35/h2-5,15,35H,6-13,16-17H2,1H3,(H,31,32,36). The Kier molecular flexibility index (Phi) is 6.45. The van der Waals surface area contributed by atoms with Crippen LogP contribution in [0, 0.1) is 11.3 Å². The van der Waals surface area contributed by atoms with Gasteiger partial charge in [-0.1, -0.05) is 0 Å². The summed E-state index contributed by atoms with van der Waals surface area (Å²) in [6.45, 7) is 0.622. The number of aromatic nitrogens is 3. The van der Waals surface area contributed by atoms with Crippen molar-refractivity contribution in [2.45, 2.75) is 49.7 Å². The number of carbonyl (C=O) groups is 1. The lowest BCUT2D eigenvalue weighted by atomic mass is 9.68. The van der Waals surface area contributed by atoms with Gasteiger partial charge in [0.25, 0.3) is 5.91 Å². The highest BCUT2D eigenvalue weighted by molar-refractivity contribution is 5.94. The van der Waals surface area contributed by atoms with Crippen LogP contribution in [-0.4, -0.2) is 70.6 Å². The molecule has 2 saturated heterocycles. The first-order valence-corrected chi connectivity index (χ1v) is 13.2. The third-order valence-corrected chi connectivity index (χ3v) is 8.34. The van der Waals surface area contributed by atoms with Gasteiger partial charge in [0.2, 0.25) is 5.88 Å². The van der Waals surface area contributed by atoms with Crippen LogP contribution < -0.4 is 19.7 Å². The Morgan fingerprint density at radius 1 is 1.21 bits per heavy atom. The maximum absolute atomic E-state index is 11.8. The Labute approximate surface area is 225 Å². The molecule has 6 heterocycles. The number of nitrogens with zero attached hydrogens (tertiary/aromatic N) is 5. The zero-order valence-corrected chi connectivity index (χ0v) is 21.8. The number of amides is 1. The molecule has 0 aromatic carbocycles. The van der Waals surface area contributed by atoms with Gasteiger partial charge in [0, 0.05) is 19.3 Å². The molecule has 3 aromatic rings. The SMILES string of the molecule is CN(c1ccc2c(n1)NC(=O)CO2)C12CCC(CCc3c(C#N)cnc4ccc(OCCO)nc34)(CC1)OC2. The number of rotatable bonds is 8. The molecule has 3 aromatic heterocycles. The van der Waals surface area contributed by atoms with Crippen molar-refractivity contribution in [3.63, 3.8) is 0 Å². The lowest BCUT2D eigenvalue weighted by Gasteiger charge is -2.57. The van der Waals surface area contributed by atoms with E-state index in [1.165, 1.54) is 0 Å². The van der Waals surface area contributed by atoms with Crippen molar-refractivity contribution in [3.8, 4) is 17.7 Å². The lowest BCUT2D eigenvalue weighted by Crippen LogP contribution is -2.62. The van der Waals surface area contributed by atoms with Crippen LogP contribution in [0.15, 0.2) is 30.5 Å². The first-order chi connectivity index (χ1) is 18.9. The van der Waals surface area contributed by atoms with E-state index in [1.807, 2.05) is 25.2 Å². The summed E-state index contributed by atoms with van der Waals surface area (Å²) in [6.07, 6.45) is 6.69. The number of aliphatic hydroxyl groups is 1.